The normalized spacial score (nSPS) is 10.6. The van der Waals surface area contributed by atoms with E-state index < -0.39 is 5.97 Å². The average Bonchev–Trinajstić information content (AvgIpc) is 2.65. The molecule has 1 N–H and O–H groups in total. The summed E-state index contributed by atoms with van der Waals surface area (Å²) < 4.78 is 6.14. The van der Waals surface area contributed by atoms with Crippen LogP contribution in [0, 0.1) is 12.8 Å². The minimum atomic E-state index is -0.511. The molecular weight excluding hydrogens is 246 g/mol. The topological polar surface area (TPSA) is 73.2 Å². The molecule has 1 rings (SSSR count). The Morgan fingerprint density at radius 3 is 2.42 bits per heavy atom. The molecule has 1 aromatic rings. The molecule has 0 aliphatic heterocycles. The maximum absolute atomic E-state index is 12.1. The van der Waals surface area contributed by atoms with Gasteiger partial charge in [0, 0.05) is 13.0 Å². The number of hydrogen-bond acceptors (Lipinski definition) is 4. The van der Waals surface area contributed by atoms with Crippen molar-refractivity contribution in [2.45, 2.75) is 33.6 Å². The minimum absolute atomic E-state index is 0.0647. The summed E-state index contributed by atoms with van der Waals surface area (Å²) in [5.74, 6) is -0.667. The summed E-state index contributed by atoms with van der Waals surface area (Å²) in [4.78, 5) is 23.8. The molecule has 0 aromatic carbocycles. The van der Waals surface area contributed by atoms with Gasteiger partial charge in [-0.05, 0) is 19.8 Å². The lowest BCUT2D eigenvalue weighted by molar-refractivity contribution is -0.120. The SMILES string of the molecule is CCC(CC)C(=O)Nc1c(C)nn(C)c1C(=O)OC. The molecule has 0 unspecified atom stereocenters. The molecule has 0 saturated heterocycles. The molecule has 1 aromatic heterocycles. The second-order valence-electron chi connectivity index (χ2n) is 4.43. The predicted octanol–water partition coefficient (Wildman–Crippen LogP) is 1.89. The van der Waals surface area contributed by atoms with E-state index in [1.54, 1.807) is 14.0 Å². The van der Waals surface area contributed by atoms with Gasteiger partial charge in [0.15, 0.2) is 5.69 Å². The van der Waals surface area contributed by atoms with Crippen molar-refractivity contribution < 1.29 is 14.3 Å². The van der Waals surface area contributed by atoms with Gasteiger partial charge in [-0.3, -0.25) is 9.48 Å². The van der Waals surface area contributed by atoms with E-state index >= 15 is 0 Å². The van der Waals surface area contributed by atoms with Crippen molar-refractivity contribution in [2.24, 2.45) is 13.0 Å². The lowest BCUT2D eigenvalue weighted by atomic mass is 10.0. The van der Waals surface area contributed by atoms with Gasteiger partial charge in [-0.1, -0.05) is 13.8 Å². The number of aryl methyl sites for hydroxylation is 2. The summed E-state index contributed by atoms with van der Waals surface area (Å²) in [7, 11) is 2.95. The van der Waals surface area contributed by atoms with Crippen molar-refractivity contribution in [2.75, 3.05) is 12.4 Å². The summed E-state index contributed by atoms with van der Waals surface area (Å²) in [6, 6.07) is 0. The third-order valence-electron chi connectivity index (χ3n) is 3.21. The minimum Gasteiger partial charge on any atom is -0.464 e. The number of aromatic nitrogens is 2. The Kier molecular flexibility index (Phi) is 5.09. The number of hydrogen-bond donors (Lipinski definition) is 1. The largest absolute Gasteiger partial charge is 0.464 e. The van der Waals surface area contributed by atoms with E-state index in [0.29, 0.717) is 11.4 Å². The molecule has 0 aliphatic carbocycles. The maximum atomic E-state index is 12.1. The van der Waals surface area contributed by atoms with Crippen LogP contribution in [0.5, 0.6) is 0 Å². The first-order valence-corrected chi connectivity index (χ1v) is 6.38. The number of ether oxygens (including phenoxy) is 1. The lowest BCUT2D eigenvalue weighted by Gasteiger charge is -2.13. The Hall–Kier alpha value is -1.85. The smallest absolute Gasteiger partial charge is 0.358 e. The van der Waals surface area contributed by atoms with Crippen molar-refractivity contribution in [3.05, 3.63) is 11.4 Å². The van der Waals surface area contributed by atoms with Gasteiger partial charge >= 0.3 is 5.97 Å². The second kappa shape index (κ2) is 6.36. The van der Waals surface area contributed by atoms with Crippen LogP contribution in [-0.4, -0.2) is 28.8 Å². The molecule has 106 valence electrons. The fourth-order valence-electron chi connectivity index (χ4n) is 2.02. The molecule has 6 heteroatoms. The van der Waals surface area contributed by atoms with Gasteiger partial charge in [-0.15, -0.1) is 0 Å². The summed E-state index contributed by atoms with van der Waals surface area (Å²) in [5.41, 5.74) is 1.30. The molecule has 0 spiro atoms. The van der Waals surface area contributed by atoms with Crippen LogP contribution in [0.1, 0.15) is 42.9 Å². The Labute approximate surface area is 113 Å². The van der Waals surface area contributed by atoms with Crippen LogP contribution >= 0.6 is 0 Å². The zero-order valence-corrected chi connectivity index (χ0v) is 12.1. The molecule has 19 heavy (non-hydrogen) atoms. The Morgan fingerprint density at radius 1 is 1.37 bits per heavy atom. The predicted molar refractivity (Wildman–Crippen MR) is 72.0 cm³/mol. The fraction of sp³-hybridized carbons (Fsp3) is 0.615. The summed E-state index contributed by atoms with van der Waals surface area (Å²) in [6.45, 7) is 5.67. The van der Waals surface area contributed by atoms with Crippen LogP contribution in [-0.2, 0) is 16.6 Å². The molecule has 1 heterocycles. The summed E-state index contributed by atoms with van der Waals surface area (Å²) in [6.07, 6.45) is 1.52. The molecule has 0 radical (unpaired) electrons. The highest BCUT2D eigenvalue weighted by molar-refractivity contribution is 6.01. The van der Waals surface area contributed by atoms with Gasteiger partial charge in [0.05, 0.1) is 18.5 Å². The van der Waals surface area contributed by atoms with Gasteiger partial charge in [-0.25, -0.2) is 4.79 Å². The van der Waals surface area contributed by atoms with Crippen molar-refractivity contribution in [1.29, 1.82) is 0 Å². The van der Waals surface area contributed by atoms with Gasteiger partial charge in [0.1, 0.15) is 0 Å². The number of carbonyl (C=O) groups excluding carboxylic acids is 2. The average molecular weight is 267 g/mol. The Balaban J connectivity index is 3.07. The number of rotatable bonds is 5. The van der Waals surface area contributed by atoms with Gasteiger partial charge in [0.25, 0.3) is 0 Å². The quantitative estimate of drug-likeness (QED) is 0.827. The van der Waals surface area contributed by atoms with E-state index in [2.05, 4.69) is 10.4 Å². The number of carbonyl (C=O) groups is 2. The van der Waals surface area contributed by atoms with Crippen molar-refractivity contribution in [3.63, 3.8) is 0 Å². The standard InChI is InChI=1S/C13H21N3O3/c1-6-9(7-2)12(17)14-10-8(3)15-16(4)11(10)13(18)19-5/h9H,6-7H2,1-5H3,(H,14,17). The van der Waals surface area contributed by atoms with E-state index in [1.165, 1.54) is 11.8 Å². The van der Waals surface area contributed by atoms with Crippen molar-refractivity contribution >= 4 is 17.6 Å². The summed E-state index contributed by atoms with van der Waals surface area (Å²) in [5, 5.41) is 6.94. The number of amides is 1. The van der Waals surface area contributed by atoms with Gasteiger partial charge in [-0.2, -0.15) is 5.10 Å². The molecular formula is C13H21N3O3. The van der Waals surface area contributed by atoms with E-state index in [0.717, 1.165) is 12.8 Å². The third kappa shape index (κ3) is 3.13. The lowest BCUT2D eigenvalue weighted by Crippen LogP contribution is -2.23. The zero-order chi connectivity index (χ0) is 14.6. The highest BCUT2D eigenvalue weighted by atomic mass is 16.5. The van der Waals surface area contributed by atoms with Crippen LogP contribution < -0.4 is 5.32 Å². The third-order valence-corrected chi connectivity index (χ3v) is 3.21. The first kappa shape index (κ1) is 15.2. The molecule has 0 bridgehead atoms. The Morgan fingerprint density at radius 2 is 1.95 bits per heavy atom. The van der Waals surface area contributed by atoms with Crippen LogP contribution in [0.25, 0.3) is 0 Å². The number of esters is 1. The highest BCUT2D eigenvalue weighted by Crippen LogP contribution is 2.22. The van der Waals surface area contributed by atoms with Gasteiger partial charge in [0.2, 0.25) is 5.91 Å². The molecule has 6 nitrogen and oxygen atoms in total. The van der Waals surface area contributed by atoms with E-state index in [4.69, 9.17) is 4.74 Å². The second-order valence-corrected chi connectivity index (χ2v) is 4.43. The zero-order valence-electron chi connectivity index (χ0n) is 12.1. The first-order chi connectivity index (χ1) is 8.96. The number of anilines is 1. The molecule has 0 saturated carbocycles. The number of nitrogens with zero attached hydrogens (tertiary/aromatic N) is 2. The van der Waals surface area contributed by atoms with Crippen LogP contribution in [0.2, 0.25) is 0 Å². The van der Waals surface area contributed by atoms with E-state index in [1.807, 2.05) is 13.8 Å². The fourth-order valence-corrected chi connectivity index (χ4v) is 2.02. The number of methoxy groups -OCH3 is 1. The van der Waals surface area contributed by atoms with E-state index in [9.17, 15) is 9.59 Å². The summed E-state index contributed by atoms with van der Waals surface area (Å²) >= 11 is 0. The van der Waals surface area contributed by atoms with Gasteiger partial charge < -0.3 is 10.1 Å². The first-order valence-electron chi connectivity index (χ1n) is 6.38. The van der Waals surface area contributed by atoms with Crippen molar-refractivity contribution in [1.82, 2.24) is 9.78 Å². The van der Waals surface area contributed by atoms with E-state index in [-0.39, 0.29) is 17.5 Å². The molecule has 1 amide bonds. The highest BCUT2D eigenvalue weighted by Gasteiger charge is 2.24. The van der Waals surface area contributed by atoms with Crippen LogP contribution in [0.3, 0.4) is 0 Å². The maximum Gasteiger partial charge on any atom is 0.358 e. The number of nitrogens with one attached hydrogen (secondary N) is 1. The Bertz CT molecular complexity index is 476. The monoisotopic (exact) mass is 267 g/mol. The molecule has 0 aliphatic rings. The molecule has 0 atom stereocenters. The van der Waals surface area contributed by atoms with Crippen LogP contribution in [0.15, 0.2) is 0 Å². The van der Waals surface area contributed by atoms with Crippen LogP contribution in [0.4, 0.5) is 5.69 Å². The molecule has 0 fully saturated rings. The van der Waals surface area contributed by atoms with Crippen molar-refractivity contribution in [3.8, 4) is 0 Å².